The van der Waals surface area contributed by atoms with Crippen molar-refractivity contribution in [3.8, 4) is 0 Å². The molecule has 14 heavy (non-hydrogen) atoms. The molecule has 0 aliphatic heterocycles. The third-order valence-corrected chi connectivity index (χ3v) is 2.50. The number of nitrogens with zero attached hydrogens (tertiary/aromatic N) is 2. The Balaban J connectivity index is 2.74. The third-order valence-electron chi connectivity index (χ3n) is 2.21. The molecular formula is C10H10ClFN2. The summed E-state index contributed by atoms with van der Waals surface area (Å²) in [5.41, 5.74) is 1.94. The third kappa shape index (κ3) is 1.38. The molecule has 4 heteroatoms. The van der Waals surface area contributed by atoms with Crippen LogP contribution in [-0.4, -0.2) is 9.61 Å². The van der Waals surface area contributed by atoms with Gasteiger partial charge in [-0.3, -0.25) is 0 Å². The van der Waals surface area contributed by atoms with Gasteiger partial charge in [0.25, 0.3) is 0 Å². The molecule has 2 aromatic heterocycles. The zero-order valence-corrected chi connectivity index (χ0v) is 8.72. The normalized spacial score (nSPS) is 11.5. The maximum Gasteiger partial charge on any atom is 0.160 e. The molecule has 2 heterocycles. The van der Waals surface area contributed by atoms with Gasteiger partial charge >= 0.3 is 0 Å². The average Bonchev–Trinajstić information content (AvgIpc) is 2.48. The summed E-state index contributed by atoms with van der Waals surface area (Å²) in [5.74, 6) is -0.0911. The summed E-state index contributed by atoms with van der Waals surface area (Å²) in [6, 6.07) is 1.61. The van der Waals surface area contributed by atoms with Gasteiger partial charge in [0, 0.05) is 5.56 Å². The highest BCUT2D eigenvalue weighted by atomic mass is 35.5. The Hall–Kier alpha value is -1.09. The second kappa shape index (κ2) is 3.24. The highest BCUT2D eigenvalue weighted by molar-refractivity contribution is 6.31. The number of pyridine rings is 1. The van der Waals surface area contributed by atoms with E-state index in [1.165, 1.54) is 10.7 Å². The number of aromatic nitrogens is 2. The van der Waals surface area contributed by atoms with E-state index in [4.69, 9.17) is 11.6 Å². The summed E-state index contributed by atoms with van der Waals surface area (Å²) >= 11 is 5.71. The molecule has 0 radical (unpaired) electrons. The van der Waals surface area contributed by atoms with Crippen LogP contribution in [0.15, 0.2) is 18.5 Å². The van der Waals surface area contributed by atoms with E-state index in [1.54, 1.807) is 12.3 Å². The van der Waals surface area contributed by atoms with Crippen LogP contribution in [0.5, 0.6) is 0 Å². The first kappa shape index (κ1) is 9.46. The van der Waals surface area contributed by atoms with Crippen molar-refractivity contribution in [2.75, 3.05) is 0 Å². The molecule has 0 spiro atoms. The van der Waals surface area contributed by atoms with E-state index in [0.29, 0.717) is 5.92 Å². The molecule has 0 amide bonds. The first-order valence-electron chi connectivity index (χ1n) is 4.42. The summed E-state index contributed by atoms with van der Waals surface area (Å²) < 4.78 is 14.6. The Morgan fingerprint density at radius 3 is 2.86 bits per heavy atom. The lowest BCUT2D eigenvalue weighted by atomic mass is 10.1. The number of rotatable bonds is 1. The topological polar surface area (TPSA) is 17.3 Å². The molecule has 2 nitrogen and oxygen atoms in total. The molecule has 0 aliphatic carbocycles. The maximum atomic E-state index is 13.1. The zero-order chi connectivity index (χ0) is 10.3. The molecule has 2 aromatic rings. The highest BCUT2D eigenvalue weighted by Crippen LogP contribution is 2.24. The molecule has 74 valence electrons. The van der Waals surface area contributed by atoms with E-state index in [9.17, 15) is 4.39 Å². The summed E-state index contributed by atoms with van der Waals surface area (Å²) in [6.07, 6.45) is 3.04. The van der Waals surface area contributed by atoms with Crippen molar-refractivity contribution in [1.29, 1.82) is 0 Å². The van der Waals surface area contributed by atoms with Gasteiger partial charge in [-0.2, -0.15) is 5.10 Å². The van der Waals surface area contributed by atoms with Crippen molar-refractivity contribution >= 4 is 17.1 Å². The first-order chi connectivity index (χ1) is 6.59. The minimum Gasteiger partial charge on any atom is -0.238 e. The van der Waals surface area contributed by atoms with Gasteiger partial charge in [0.05, 0.1) is 22.9 Å². The van der Waals surface area contributed by atoms with Crippen molar-refractivity contribution in [2.45, 2.75) is 19.8 Å². The Labute approximate surface area is 86.3 Å². The van der Waals surface area contributed by atoms with Gasteiger partial charge in [-0.05, 0) is 12.0 Å². The fourth-order valence-electron chi connectivity index (χ4n) is 1.44. The van der Waals surface area contributed by atoms with E-state index >= 15 is 0 Å². The monoisotopic (exact) mass is 212 g/mol. The molecule has 0 N–H and O–H groups in total. The second-order valence-corrected chi connectivity index (χ2v) is 3.96. The SMILES string of the molecule is CC(C)c1cnn2cc(F)c(Cl)cc12. The van der Waals surface area contributed by atoms with E-state index in [2.05, 4.69) is 18.9 Å². The maximum absolute atomic E-state index is 13.1. The highest BCUT2D eigenvalue weighted by Gasteiger charge is 2.10. The van der Waals surface area contributed by atoms with Gasteiger partial charge < -0.3 is 0 Å². The minimum absolute atomic E-state index is 0.139. The Kier molecular flexibility index (Phi) is 2.19. The molecule has 0 saturated heterocycles. The largest absolute Gasteiger partial charge is 0.238 e. The van der Waals surface area contributed by atoms with Crippen molar-refractivity contribution in [1.82, 2.24) is 9.61 Å². The van der Waals surface area contributed by atoms with E-state index < -0.39 is 5.82 Å². The van der Waals surface area contributed by atoms with Crippen LogP contribution in [0.2, 0.25) is 5.02 Å². The van der Waals surface area contributed by atoms with Crippen LogP contribution in [0.3, 0.4) is 0 Å². The lowest BCUT2D eigenvalue weighted by Gasteiger charge is -2.02. The Bertz CT molecular complexity index is 476. The molecule has 0 aromatic carbocycles. The molecule has 0 atom stereocenters. The molecule has 0 aliphatic rings. The molecule has 0 saturated carbocycles. The molecule has 0 fully saturated rings. The number of halogens is 2. The average molecular weight is 213 g/mol. The smallest absolute Gasteiger partial charge is 0.160 e. The summed E-state index contributed by atoms with van der Waals surface area (Å²) in [7, 11) is 0. The quantitative estimate of drug-likeness (QED) is 0.709. The van der Waals surface area contributed by atoms with Crippen LogP contribution in [0, 0.1) is 5.82 Å². The van der Waals surface area contributed by atoms with Crippen molar-refractivity contribution in [3.05, 3.63) is 34.9 Å². The van der Waals surface area contributed by atoms with Crippen LogP contribution in [0.4, 0.5) is 4.39 Å². The van der Waals surface area contributed by atoms with Gasteiger partial charge in [0.15, 0.2) is 5.82 Å². The van der Waals surface area contributed by atoms with Crippen LogP contribution in [0.25, 0.3) is 5.52 Å². The Morgan fingerprint density at radius 1 is 1.50 bits per heavy atom. The number of hydrogen-bond donors (Lipinski definition) is 0. The zero-order valence-electron chi connectivity index (χ0n) is 7.96. The van der Waals surface area contributed by atoms with Gasteiger partial charge in [-0.25, -0.2) is 8.91 Å². The van der Waals surface area contributed by atoms with E-state index in [1.807, 2.05) is 0 Å². The van der Waals surface area contributed by atoms with Gasteiger partial charge in [-0.15, -0.1) is 0 Å². The van der Waals surface area contributed by atoms with Gasteiger partial charge in [0.2, 0.25) is 0 Å². The standard InChI is InChI=1S/C10H10ClFN2/c1-6(2)7-4-13-14-5-9(12)8(11)3-10(7)14/h3-6H,1-2H3. The molecule has 0 bridgehead atoms. The van der Waals surface area contributed by atoms with Crippen LogP contribution in [-0.2, 0) is 0 Å². The first-order valence-corrected chi connectivity index (χ1v) is 4.79. The summed E-state index contributed by atoms with van der Waals surface area (Å²) in [5, 5.41) is 4.20. The molecule has 2 rings (SSSR count). The van der Waals surface area contributed by atoms with Crippen LogP contribution < -0.4 is 0 Å². The van der Waals surface area contributed by atoms with Crippen molar-refractivity contribution in [3.63, 3.8) is 0 Å². The lowest BCUT2D eigenvalue weighted by molar-refractivity contribution is 0.615. The van der Waals surface area contributed by atoms with E-state index in [0.717, 1.165) is 11.1 Å². The molecular weight excluding hydrogens is 203 g/mol. The van der Waals surface area contributed by atoms with E-state index in [-0.39, 0.29) is 5.02 Å². The van der Waals surface area contributed by atoms with Crippen molar-refractivity contribution < 1.29 is 4.39 Å². The predicted octanol–water partition coefficient (Wildman–Crippen LogP) is 3.25. The lowest BCUT2D eigenvalue weighted by Crippen LogP contribution is -1.91. The van der Waals surface area contributed by atoms with Crippen LogP contribution in [0.1, 0.15) is 25.3 Å². The molecule has 0 unspecified atom stereocenters. The number of hydrogen-bond acceptors (Lipinski definition) is 1. The van der Waals surface area contributed by atoms with Crippen molar-refractivity contribution in [2.24, 2.45) is 0 Å². The summed E-state index contributed by atoms with van der Waals surface area (Å²) in [6.45, 7) is 4.13. The van der Waals surface area contributed by atoms with Gasteiger partial charge in [-0.1, -0.05) is 25.4 Å². The second-order valence-electron chi connectivity index (χ2n) is 3.55. The summed E-state index contributed by atoms with van der Waals surface area (Å²) in [4.78, 5) is 0. The number of fused-ring (bicyclic) bond motifs is 1. The minimum atomic E-state index is -0.447. The fraction of sp³-hybridized carbons (Fsp3) is 0.300. The predicted molar refractivity (Wildman–Crippen MR) is 54.2 cm³/mol. The van der Waals surface area contributed by atoms with Crippen LogP contribution >= 0.6 is 11.6 Å². The Morgan fingerprint density at radius 2 is 2.21 bits per heavy atom. The fourth-order valence-corrected chi connectivity index (χ4v) is 1.59. The van der Waals surface area contributed by atoms with Gasteiger partial charge in [0.1, 0.15) is 0 Å².